The van der Waals surface area contributed by atoms with Crippen molar-refractivity contribution in [2.75, 3.05) is 28.4 Å². The van der Waals surface area contributed by atoms with E-state index in [0.717, 1.165) is 10.9 Å². The van der Waals surface area contributed by atoms with Gasteiger partial charge in [0.05, 0.1) is 45.4 Å². The number of aromatic nitrogens is 1. The molecule has 1 aliphatic carbocycles. The number of H-pyrrole nitrogens is 1. The average Bonchev–Trinajstić information content (AvgIpc) is 2.83. The molecule has 1 aromatic heterocycles. The van der Waals surface area contributed by atoms with E-state index in [1.54, 1.807) is 21.3 Å². The number of rotatable bonds is 5. The summed E-state index contributed by atoms with van der Waals surface area (Å²) in [6.45, 7) is 3.93. The van der Waals surface area contributed by atoms with Crippen LogP contribution in [0, 0.1) is 11.8 Å². The van der Waals surface area contributed by atoms with Crippen molar-refractivity contribution >= 4 is 16.9 Å². The molecule has 0 unspecified atom stereocenters. The lowest BCUT2D eigenvalue weighted by Gasteiger charge is -2.59. The number of carbonyl (C=O) groups excluding carboxylic acids is 1. The zero-order chi connectivity index (χ0) is 25.1. The second-order valence-corrected chi connectivity index (χ2v) is 9.53. The molecule has 1 fully saturated rings. The van der Waals surface area contributed by atoms with Gasteiger partial charge in [0, 0.05) is 23.1 Å². The minimum absolute atomic E-state index is 0.218. The summed E-state index contributed by atoms with van der Waals surface area (Å²) >= 11 is 0. The Morgan fingerprint density at radius 1 is 0.971 bits per heavy atom. The van der Waals surface area contributed by atoms with Crippen molar-refractivity contribution in [3.8, 4) is 23.0 Å². The maximum atomic E-state index is 13.4. The molecule has 2 aliphatic rings. The number of pyridine rings is 1. The van der Waals surface area contributed by atoms with E-state index >= 15 is 0 Å². The predicted molar refractivity (Wildman–Crippen MR) is 130 cm³/mol. The van der Waals surface area contributed by atoms with Crippen LogP contribution >= 0.6 is 0 Å². The molecule has 2 heterocycles. The maximum Gasteiger partial charge on any atom is 0.309 e. The van der Waals surface area contributed by atoms with Crippen LogP contribution in [0.4, 0.5) is 0 Å². The topological polar surface area (TPSA) is 96.1 Å². The number of hydrogen-bond acceptors (Lipinski definition) is 7. The van der Waals surface area contributed by atoms with Gasteiger partial charge in [-0.15, -0.1) is 0 Å². The Bertz CT molecular complexity index is 1350. The molecular formula is C27H29NO7. The predicted octanol–water partition coefficient (Wildman–Crippen LogP) is 4.01. The van der Waals surface area contributed by atoms with E-state index in [9.17, 15) is 9.59 Å². The Kier molecular flexibility index (Phi) is 5.42. The summed E-state index contributed by atoms with van der Waals surface area (Å²) in [4.78, 5) is 29.5. The minimum Gasteiger partial charge on any atom is -0.493 e. The molecule has 3 aromatic rings. The summed E-state index contributed by atoms with van der Waals surface area (Å²) in [5.74, 6) is 0.204. The Hall–Kier alpha value is -3.68. The Morgan fingerprint density at radius 3 is 2.23 bits per heavy atom. The maximum absolute atomic E-state index is 13.4. The fourth-order valence-electron chi connectivity index (χ4n) is 6.08. The summed E-state index contributed by atoms with van der Waals surface area (Å²) in [6, 6.07) is 11.3. The first-order valence-corrected chi connectivity index (χ1v) is 11.5. The van der Waals surface area contributed by atoms with E-state index in [2.05, 4.69) is 4.98 Å². The number of esters is 1. The molecule has 35 heavy (non-hydrogen) atoms. The van der Waals surface area contributed by atoms with Crippen LogP contribution in [0.15, 0.2) is 41.2 Å². The first-order valence-electron chi connectivity index (χ1n) is 11.5. The summed E-state index contributed by atoms with van der Waals surface area (Å²) in [5, 5.41) is 0.832. The fraction of sp³-hybridized carbons (Fsp3) is 0.407. The van der Waals surface area contributed by atoms with Gasteiger partial charge in [-0.25, -0.2) is 0 Å². The van der Waals surface area contributed by atoms with E-state index in [4.69, 9.17) is 23.7 Å². The van der Waals surface area contributed by atoms with Crippen LogP contribution in [0.2, 0.25) is 0 Å². The molecule has 0 radical (unpaired) electrons. The molecule has 1 aliphatic heterocycles. The molecule has 4 atom stereocenters. The molecule has 2 aromatic carbocycles. The van der Waals surface area contributed by atoms with Gasteiger partial charge in [0.1, 0.15) is 11.4 Å². The number of fused-ring (bicyclic) bond motifs is 5. The molecule has 8 heteroatoms. The number of aromatic amines is 1. The SMILES string of the molecule is COC(=O)[C@@H]1[C@@H](c2cc(OC)c(OC)c(OC)c2)[C@H]2c3c(c4ccccc4[nH]c3=O)OC(C)(C)[C@@H]12. The third-order valence-electron chi connectivity index (χ3n) is 7.50. The van der Waals surface area contributed by atoms with Crippen molar-refractivity contribution in [1.29, 1.82) is 0 Å². The quantitative estimate of drug-likeness (QED) is 0.553. The van der Waals surface area contributed by atoms with Crippen LogP contribution in [0.25, 0.3) is 10.9 Å². The van der Waals surface area contributed by atoms with E-state index < -0.39 is 11.5 Å². The van der Waals surface area contributed by atoms with Gasteiger partial charge in [-0.1, -0.05) is 12.1 Å². The molecule has 0 spiro atoms. The van der Waals surface area contributed by atoms with Crippen molar-refractivity contribution in [2.24, 2.45) is 11.8 Å². The fourth-order valence-corrected chi connectivity index (χ4v) is 6.08. The Morgan fingerprint density at radius 2 is 1.63 bits per heavy atom. The number of para-hydroxylation sites is 1. The molecule has 8 nitrogen and oxygen atoms in total. The third kappa shape index (κ3) is 3.26. The summed E-state index contributed by atoms with van der Waals surface area (Å²) < 4.78 is 28.3. The van der Waals surface area contributed by atoms with Gasteiger partial charge in [0.25, 0.3) is 5.56 Å². The molecule has 184 valence electrons. The van der Waals surface area contributed by atoms with Crippen molar-refractivity contribution in [2.45, 2.75) is 31.3 Å². The van der Waals surface area contributed by atoms with E-state index in [0.29, 0.717) is 34.1 Å². The van der Waals surface area contributed by atoms with Crippen LogP contribution in [0.1, 0.15) is 36.8 Å². The number of ether oxygens (including phenoxy) is 5. The number of carbonyl (C=O) groups is 1. The van der Waals surface area contributed by atoms with Gasteiger partial charge >= 0.3 is 5.97 Å². The van der Waals surface area contributed by atoms with Crippen LogP contribution in [-0.4, -0.2) is 45.0 Å². The van der Waals surface area contributed by atoms with Crippen molar-refractivity contribution in [3.63, 3.8) is 0 Å². The molecule has 5 rings (SSSR count). The number of benzene rings is 2. The number of nitrogens with one attached hydrogen (secondary N) is 1. The standard InChI is InChI=1S/C27H29NO7/c1-27(2)22-19(21-23(35-27)14-9-7-8-10-15(14)28-25(21)29)18(20(22)26(30)34-6)13-11-16(31-3)24(33-5)17(12-13)32-4/h7-12,18-20,22H,1-6H3,(H,28,29)/t18-,19-,20+,22+/m0/s1. The van der Waals surface area contributed by atoms with Crippen molar-refractivity contribution < 1.29 is 28.5 Å². The lowest BCUT2D eigenvalue weighted by Crippen LogP contribution is -2.61. The molecule has 0 amide bonds. The van der Waals surface area contributed by atoms with Crippen LogP contribution in [-0.2, 0) is 9.53 Å². The van der Waals surface area contributed by atoms with Crippen molar-refractivity contribution in [1.82, 2.24) is 4.98 Å². The normalized spacial score (nSPS) is 23.8. The zero-order valence-electron chi connectivity index (χ0n) is 20.6. The smallest absolute Gasteiger partial charge is 0.309 e. The lowest BCUT2D eigenvalue weighted by molar-refractivity contribution is -0.167. The number of hydrogen-bond donors (Lipinski definition) is 1. The average molecular weight is 480 g/mol. The highest BCUT2D eigenvalue weighted by Crippen LogP contribution is 2.66. The number of methoxy groups -OCH3 is 4. The van der Waals surface area contributed by atoms with Gasteiger partial charge in [0.15, 0.2) is 11.5 Å². The summed E-state index contributed by atoms with van der Waals surface area (Å²) in [6.07, 6.45) is 0. The van der Waals surface area contributed by atoms with Crippen molar-refractivity contribution in [3.05, 3.63) is 57.9 Å². The molecular weight excluding hydrogens is 450 g/mol. The summed E-state index contributed by atoms with van der Waals surface area (Å²) in [7, 11) is 6.02. The second kappa shape index (κ2) is 8.22. The van der Waals surface area contributed by atoms with E-state index in [1.165, 1.54) is 7.11 Å². The summed E-state index contributed by atoms with van der Waals surface area (Å²) in [5.41, 5.74) is 1.12. The molecule has 1 N–H and O–H groups in total. The largest absolute Gasteiger partial charge is 0.493 e. The van der Waals surface area contributed by atoms with Crippen LogP contribution in [0.3, 0.4) is 0 Å². The van der Waals surface area contributed by atoms with Gasteiger partial charge < -0.3 is 28.7 Å². The van der Waals surface area contributed by atoms with Gasteiger partial charge in [-0.2, -0.15) is 0 Å². The van der Waals surface area contributed by atoms with E-state index in [1.807, 2.05) is 50.2 Å². The third-order valence-corrected chi connectivity index (χ3v) is 7.50. The molecule has 0 saturated heterocycles. The minimum atomic E-state index is -0.718. The molecule has 0 bridgehead atoms. The van der Waals surface area contributed by atoms with E-state index in [-0.39, 0.29) is 29.3 Å². The highest BCUT2D eigenvalue weighted by atomic mass is 16.5. The monoisotopic (exact) mass is 479 g/mol. The van der Waals surface area contributed by atoms with Gasteiger partial charge in [-0.05, 0) is 43.7 Å². The Balaban J connectivity index is 1.77. The Labute approximate surface area is 203 Å². The zero-order valence-corrected chi connectivity index (χ0v) is 20.6. The van der Waals surface area contributed by atoms with Gasteiger partial charge in [-0.3, -0.25) is 9.59 Å². The molecule has 1 saturated carbocycles. The van der Waals surface area contributed by atoms with Crippen LogP contribution < -0.4 is 24.5 Å². The van der Waals surface area contributed by atoms with Crippen LogP contribution in [0.5, 0.6) is 23.0 Å². The first kappa shape index (κ1) is 23.1. The first-order chi connectivity index (χ1) is 16.8. The second-order valence-electron chi connectivity index (χ2n) is 9.53. The lowest BCUT2D eigenvalue weighted by atomic mass is 9.47. The highest BCUT2D eigenvalue weighted by Gasteiger charge is 2.65. The van der Waals surface area contributed by atoms with Gasteiger partial charge in [0.2, 0.25) is 5.75 Å². The highest BCUT2D eigenvalue weighted by molar-refractivity contribution is 5.87.